The third-order valence-corrected chi connectivity index (χ3v) is 3.62. The molecule has 0 unspecified atom stereocenters. The zero-order valence-corrected chi connectivity index (χ0v) is 11.6. The van der Waals surface area contributed by atoms with E-state index >= 15 is 0 Å². The first-order valence-corrected chi connectivity index (χ1v) is 7.80. The molecule has 0 aromatic heterocycles. The molecule has 0 radical (unpaired) electrons. The van der Waals surface area contributed by atoms with E-state index in [9.17, 15) is 8.42 Å². The molecule has 16 heavy (non-hydrogen) atoms. The van der Waals surface area contributed by atoms with Crippen molar-refractivity contribution in [2.45, 2.75) is 40.0 Å². The van der Waals surface area contributed by atoms with Crippen LogP contribution in [0.3, 0.4) is 0 Å². The lowest BCUT2D eigenvalue weighted by atomic mass is 10.2. The summed E-state index contributed by atoms with van der Waals surface area (Å²) in [5, 5.41) is 0. The Bertz CT molecular complexity index is 258. The van der Waals surface area contributed by atoms with Gasteiger partial charge in [0.15, 0.2) is 0 Å². The molecule has 0 aliphatic heterocycles. The molecule has 0 spiro atoms. The molecular weight excluding hydrogens is 226 g/mol. The Morgan fingerprint density at radius 3 is 1.50 bits per heavy atom. The number of hydrogen-bond donors (Lipinski definition) is 1. The minimum absolute atomic E-state index is 0.118. The summed E-state index contributed by atoms with van der Waals surface area (Å²) in [6, 6.07) is 0. The largest absolute Gasteiger partial charge is 0.323 e. The molecule has 4 nitrogen and oxygen atoms in total. The van der Waals surface area contributed by atoms with Crippen molar-refractivity contribution in [2.24, 2.45) is 0 Å². The van der Waals surface area contributed by atoms with Crippen molar-refractivity contribution in [3.05, 3.63) is 0 Å². The fraction of sp³-hybridized carbons (Fsp3) is 1.00. The lowest BCUT2D eigenvalue weighted by Crippen LogP contribution is -2.52. The van der Waals surface area contributed by atoms with E-state index < -0.39 is 10.1 Å². The summed E-state index contributed by atoms with van der Waals surface area (Å²) in [5.74, 6) is -0.118. The van der Waals surface area contributed by atoms with Gasteiger partial charge in [0.1, 0.15) is 5.75 Å². The van der Waals surface area contributed by atoms with Crippen molar-refractivity contribution in [2.75, 3.05) is 31.9 Å². The van der Waals surface area contributed by atoms with Gasteiger partial charge in [0.05, 0.1) is 26.2 Å². The van der Waals surface area contributed by atoms with Crippen LogP contribution in [0.25, 0.3) is 0 Å². The van der Waals surface area contributed by atoms with Crippen molar-refractivity contribution < 1.29 is 17.5 Å². The van der Waals surface area contributed by atoms with Gasteiger partial charge in [0.25, 0.3) is 10.1 Å². The zero-order valence-electron chi connectivity index (χ0n) is 10.8. The monoisotopic (exact) mass is 252 g/mol. The predicted octanol–water partition coefficient (Wildman–Crippen LogP) is 1.92. The van der Waals surface area contributed by atoms with Crippen LogP contribution in [-0.4, -0.2) is 49.4 Å². The Labute approximate surface area is 100.0 Å². The first-order valence-electron chi connectivity index (χ1n) is 6.19. The van der Waals surface area contributed by atoms with E-state index in [1.165, 1.54) is 0 Å². The highest BCUT2D eigenvalue weighted by Gasteiger charge is 2.26. The maximum atomic E-state index is 10.8. The standard InChI is InChI=1S/C11H25NO3S/c1-4-7-12(8-5-2,9-6-3)10-11-16(13,14)15/h4-11H2,1-3H3/p+1. The molecule has 0 rings (SSSR count). The molecule has 0 fully saturated rings. The second-order valence-electron chi connectivity index (χ2n) is 4.52. The Kier molecular flexibility index (Phi) is 7.19. The summed E-state index contributed by atoms with van der Waals surface area (Å²) in [6.07, 6.45) is 3.14. The van der Waals surface area contributed by atoms with Crippen LogP contribution < -0.4 is 0 Å². The van der Waals surface area contributed by atoms with Crippen LogP contribution in [0.2, 0.25) is 0 Å². The number of hydrogen-bond acceptors (Lipinski definition) is 2. The average molecular weight is 252 g/mol. The Morgan fingerprint density at radius 2 is 1.25 bits per heavy atom. The van der Waals surface area contributed by atoms with Gasteiger partial charge >= 0.3 is 0 Å². The van der Waals surface area contributed by atoms with E-state index in [4.69, 9.17) is 4.55 Å². The Morgan fingerprint density at radius 1 is 0.875 bits per heavy atom. The van der Waals surface area contributed by atoms with Gasteiger partial charge in [0.2, 0.25) is 0 Å². The molecule has 0 saturated carbocycles. The first kappa shape index (κ1) is 15.9. The summed E-state index contributed by atoms with van der Waals surface area (Å²) < 4.78 is 31.3. The Hall–Kier alpha value is -0.130. The molecule has 0 aromatic carbocycles. The minimum Gasteiger partial charge on any atom is -0.323 e. The SMILES string of the molecule is CCC[N+](CCC)(CCC)CCS(=O)(=O)O. The van der Waals surface area contributed by atoms with Gasteiger partial charge in [-0.2, -0.15) is 8.42 Å². The van der Waals surface area contributed by atoms with E-state index in [1.54, 1.807) is 0 Å². The molecule has 5 heteroatoms. The van der Waals surface area contributed by atoms with Crippen molar-refractivity contribution >= 4 is 10.1 Å². The van der Waals surface area contributed by atoms with Crippen LogP contribution in [0.1, 0.15) is 40.0 Å². The van der Waals surface area contributed by atoms with Gasteiger partial charge in [-0.3, -0.25) is 4.55 Å². The van der Waals surface area contributed by atoms with Crippen molar-refractivity contribution in [3.63, 3.8) is 0 Å². The lowest BCUT2D eigenvalue weighted by molar-refractivity contribution is -0.926. The molecule has 0 heterocycles. The molecular formula is C11H26NO3S+. The van der Waals surface area contributed by atoms with Gasteiger partial charge in [-0.05, 0) is 19.3 Å². The summed E-state index contributed by atoms with van der Waals surface area (Å²) in [7, 11) is -3.83. The van der Waals surface area contributed by atoms with Crippen molar-refractivity contribution in [3.8, 4) is 0 Å². The highest BCUT2D eigenvalue weighted by Crippen LogP contribution is 2.12. The Balaban J connectivity index is 4.58. The molecule has 0 atom stereocenters. The van der Waals surface area contributed by atoms with Crippen LogP contribution >= 0.6 is 0 Å². The molecule has 98 valence electrons. The summed E-state index contributed by atoms with van der Waals surface area (Å²) >= 11 is 0. The quantitative estimate of drug-likeness (QED) is 0.504. The fourth-order valence-corrected chi connectivity index (χ4v) is 3.02. The van der Waals surface area contributed by atoms with Crippen molar-refractivity contribution in [1.82, 2.24) is 0 Å². The molecule has 0 saturated heterocycles. The maximum Gasteiger partial charge on any atom is 0.270 e. The van der Waals surface area contributed by atoms with Gasteiger partial charge < -0.3 is 4.48 Å². The third kappa shape index (κ3) is 6.45. The van der Waals surface area contributed by atoms with E-state index in [1.807, 2.05) is 0 Å². The minimum atomic E-state index is -3.83. The van der Waals surface area contributed by atoms with Gasteiger partial charge in [-0.1, -0.05) is 20.8 Å². The van der Waals surface area contributed by atoms with E-state index in [2.05, 4.69) is 20.8 Å². The molecule has 0 aliphatic rings. The highest BCUT2D eigenvalue weighted by atomic mass is 32.2. The second kappa shape index (κ2) is 7.25. The van der Waals surface area contributed by atoms with E-state index in [-0.39, 0.29) is 5.75 Å². The van der Waals surface area contributed by atoms with Gasteiger partial charge in [-0.25, -0.2) is 0 Å². The number of quaternary nitrogens is 1. The second-order valence-corrected chi connectivity index (χ2v) is 6.09. The predicted molar refractivity (Wildman–Crippen MR) is 67.0 cm³/mol. The molecule has 0 aromatic rings. The number of nitrogens with zero attached hydrogens (tertiary/aromatic N) is 1. The first-order chi connectivity index (χ1) is 7.39. The van der Waals surface area contributed by atoms with E-state index in [0.29, 0.717) is 6.54 Å². The van der Waals surface area contributed by atoms with Crippen LogP contribution in [0, 0.1) is 0 Å². The van der Waals surface area contributed by atoms with Crippen LogP contribution in [0.15, 0.2) is 0 Å². The summed E-state index contributed by atoms with van der Waals surface area (Å²) in [5.41, 5.74) is 0. The summed E-state index contributed by atoms with van der Waals surface area (Å²) in [4.78, 5) is 0. The molecule has 0 aliphatic carbocycles. The lowest BCUT2D eigenvalue weighted by Gasteiger charge is -2.38. The van der Waals surface area contributed by atoms with E-state index in [0.717, 1.165) is 43.4 Å². The zero-order chi connectivity index (χ0) is 12.7. The summed E-state index contributed by atoms with van der Waals surface area (Å²) in [6.45, 7) is 9.88. The average Bonchev–Trinajstić information content (AvgIpc) is 2.15. The maximum absolute atomic E-state index is 10.8. The van der Waals surface area contributed by atoms with Gasteiger partial charge in [0, 0.05) is 0 Å². The van der Waals surface area contributed by atoms with Crippen molar-refractivity contribution in [1.29, 1.82) is 0 Å². The third-order valence-electron chi connectivity index (χ3n) is 2.92. The fourth-order valence-electron chi connectivity index (χ4n) is 2.40. The van der Waals surface area contributed by atoms with Gasteiger partial charge in [-0.15, -0.1) is 0 Å². The number of rotatable bonds is 9. The highest BCUT2D eigenvalue weighted by molar-refractivity contribution is 7.85. The normalized spacial score (nSPS) is 13.0. The van der Waals surface area contributed by atoms with Crippen LogP contribution in [0.4, 0.5) is 0 Å². The smallest absolute Gasteiger partial charge is 0.270 e. The van der Waals surface area contributed by atoms with Crippen LogP contribution in [0.5, 0.6) is 0 Å². The van der Waals surface area contributed by atoms with Crippen LogP contribution in [-0.2, 0) is 10.1 Å². The molecule has 0 bridgehead atoms. The topological polar surface area (TPSA) is 54.4 Å². The molecule has 0 amide bonds. The molecule has 1 N–H and O–H groups in total.